The lowest BCUT2D eigenvalue weighted by atomic mass is 10.1. The first-order chi connectivity index (χ1) is 11.0. The van der Waals surface area contributed by atoms with E-state index in [0.717, 1.165) is 12.1 Å². The van der Waals surface area contributed by atoms with E-state index in [1.165, 1.54) is 24.3 Å². The van der Waals surface area contributed by atoms with Gasteiger partial charge in [-0.25, -0.2) is 4.39 Å². The molecular weight excluding hydrogens is 297 g/mol. The normalized spacial score (nSPS) is 11.6. The first-order valence-electron chi connectivity index (χ1n) is 6.75. The highest BCUT2D eigenvalue weighted by atomic mass is 19.1. The molecule has 0 aromatic heterocycles. The lowest BCUT2D eigenvalue weighted by Gasteiger charge is -2.02. The van der Waals surface area contributed by atoms with Gasteiger partial charge in [0, 0.05) is 22.8 Å². The van der Waals surface area contributed by atoms with Crippen LogP contribution in [0.4, 0.5) is 4.39 Å². The van der Waals surface area contributed by atoms with Crippen LogP contribution >= 0.6 is 0 Å². The lowest BCUT2D eigenvalue weighted by Crippen LogP contribution is -2.07. The van der Waals surface area contributed by atoms with Crippen LogP contribution in [0.25, 0.3) is 11.8 Å². The van der Waals surface area contributed by atoms with Crippen LogP contribution in [0.2, 0.25) is 0 Å². The van der Waals surface area contributed by atoms with E-state index in [1.807, 2.05) is 0 Å². The van der Waals surface area contributed by atoms with E-state index in [2.05, 4.69) is 0 Å². The van der Waals surface area contributed by atoms with Crippen molar-refractivity contribution in [3.05, 3.63) is 83.2 Å². The number of ketones is 1. The Morgan fingerprint density at radius 2 is 1.74 bits per heavy atom. The Kier molecular flexibility index (Phi) is 5.04. The summed E-state index contributed by atoms with van der Waals surface area (Å²) in [5.74, 6) is -2.14. The Labute approximate surface area is 132 Å². The van der Waals surface area contributed by atoms with Gasteiger partial charge in [0.15, 0.2) is 5.78 Å². The number of aliphatic hydroxyl groups excluding tert-OH is 1. The molecule has 0 radical (unpaired) electrons. The fourth-order valence-electron chi connectivity index (χ4n) is 1.90. The summed E-state index contributed by atoms with van der Waals surface area (Å²) in [6.45, 7) is 0. The fraction of sp³-hybridized carbons (Fsp3) is 0. The maximum absolute atomic E-state index is 14.0. The summed E-state index contributed by atoms with van der Waals surface area (Å²) in [6.07, 6.45) is 3.42. The summed E-state index contributed by atoms with van der Waals surface area (Å²) < 4.78 is 14.0. The highest BCUT2D eigenvalue weighted by molar-refractivity contribution is 6.06. The Bertz CT molecular complexity index is 795. The quantitative estimate of drug-likeness (QED) is 0.506. The molecule has 0 bridgehead atoms. The van der Waals surface area contributed by atoms with Gasteiger partial charge in [0.25, 0.3) is 0 Å². The monoisotopic (exact) mass is 311 g/mol. The van der Waals surface area contributed by atoms with Gasteiger partial charge in [0.1, 0.15) is 11.6 Å². The number of hydrogen-bond acceptors (Lipinski definition) is 3. The number of nitrogens with two attached hydrogens (primary N) is 1. The molecule has 0 fully saturated rings. The average Bonchev–Trinajstić information content (AvgIpc) is 2.53. The number of amides is 1. The second-order valence-electron chi connectivity index (χ2n) is 4.73. The van der Waals surface area contributed by atoms with Crippen molar-refractivity contribution in [2.75, 3.05) is 0 Å². The number of halogens is 1. The van der Waals surface area contributed by atoms with Crippen molar-refractivity contribution < 1.29 is 19.1 Å². The number of primary amides is 1. The molecule has 0 spiro atoms. The number of allylic oxidation sites excluding steroid dienone is 1. The van der Waals surface area contributed by atoms with Crippen LogP contribution in [-0.2, 0) is 4.79 Å². The average molecular weight is 311 g/mol. The second kappa shape index (κ2) is 7.17. The number of hydrogen-bond donors (Lipinski definition) is 2. The predicted octanol–water partition coefficient (Wildman–Crippen LogP) is 3.11. The van der Waals surface area contributed by atoms with Gasteiger partial charge in [-0.15, -0.1) is 0 Å². The van der Waals surface area contributed by atoms with Crippen molar-refractivity contribution in [1.82, 2.24) is 0 Å². The molecule has 0 saturated carbocycles. The zero-order chi connectivity index (χ0) is 16.8. The van der Waals surface area contributed by atoms with Crippen molar-refractivity contribution in [2.45, 2.75) is 0 Å². The maximum atomic E-state index is 14.0. The molecule has 5 heteroatoms. The molecule has 116 valence electrons. The molecular formula is C18H14FNO3. The summed E-state index contributed by atoms with van der Waals surface area (Å²) in [7, 11) is 0. The number of rotatable bonds is 5. The van der Waals surface area contributed by atoms with Crippen molar-refractivity contribution in [2.24, 2.45) is 5.73 Å². The van der Waals surface area contributed by atoms with Gasteiger partial charge in [-0.3, -0.25) is 9.59 Å². The summed E-state index contributed by atoms with van der Waals surface area (Å²) in [5.41, 5.74) is 5.72. The van der Waals surface area contributed by atoms with Crippen LogP contribution in [0.3, 0.4) is 0 Å². The van der Waals surface area contributed by atoms with Crippen LogP contribution in [0.1, 0.15) is 21.5 Å². The van der Waals surface area contributed by atoms with E-state index in [0.29, 0.717) is 5.56 Å². The van der Waals surface area contributed by atoms with E-state index in [-0.39, 0.29) is 16.9 Å². The smallest absolute Gasteiger partial charge is 0.245 e. The molecule has 2 rings (SSSR count). The molecule has 4 nitrogen and oxygen atoms in total. The van der Waals surface area contributed by atoms with Crippen molar-refractivity contribution in [3.63, 3.8) is 0 Å². The summed E-state index contributed by atoms with van der Waals surface area (Å²) >= 11 is 0. The predicted molar refractivity (Wildman–Crippen MR) is 86.0 cm³/mol. The van der Waals surface area contributed by atoms with E-state index in [4.69, 9.17) is 5.73 Å². The molecule has 2 aromatic carbocycles. The third kappa shape index (κ3) is 4.38. The SMILES string of the molecule is NC(=O)/C=C(\O)c1ccc(/C=C/C(=O)c2ccccc2)c(F)c1. The second-order valence-corrected chi connectivity index (χ2v) is 4.73. The van der Waals surface area contributed by atoms with Gasteiger partial charge in [-0.05, 0) is 18.2 Å². The largest absolute Gasteiger partial charge is 0.507 e. The Balaban J connectivity index is 2.20. The molecule has 1 amide bonds. The third-order valence-corrected chi connectivity index (χ3v) is 3.05. The fourth-order valence-corrected chi connectivity index (χ4v) is 1.90. The Morgan fingerprint density at radius 1 is 1.04 bits per heavy atom. The zero-order valence-corrected chi connectivity index (χ0v) is 12.1. The molecule has 3 N–H and O–H groups in total. The van der Waals surface area contributed by atoms with Gasteiger partial charge in [-0.2, -0.15) is 0 Å². The minimum absolute atomic E-state index is 0.118. The number of benzene rings is 2. The van der Waals surface area contributed by atoms with Crippen LogP contribution in [-0.4, -0.2) is 16.8 Å². The Morgan fingerprint density at radius 3 is 2.35 bits per heavy atom. The molecule has 2 aromatic rings. The van der Waals surface area contributed by atoms with E-state index in [9.17, 15) is 19.1 Å². The van der Waals surface area contributed by atoms with E-state index in [1.54, 1.807) is 30.3 Å². The van der Waals surface area contributed by atoms with E-state index >= 15 is 0 Å². The van der Waals surface area contributed by atoms with Crippen molar-refractivity contribution >= 4 is 23.5 Å². The van der Waals surface area contributed by atoms with Gasteiger partial charge < -0.3 is 10.8 Å². The molecule has 0 atom stereocenters. The van der Waals surface area contributed by atoms with Crippen LogP contribution in [0.15, 0.2) is 60.7 Å². The summed E-state index contributed by atoms with van der Waals surface area (Å²) in [5, 5.41) is 9.59. The molecule has 0 aliphatic heterocycles. The number of carbonyl (C=O) groups excluding carboxylic acids is 2. The molecule has 0 unspecified atom stereocenters. The van der Waals surface area contributed by atoms with Gasteiger partial charge in [0.2, 0.25) is 5.91 Å². The van der Waals surface area contributed by atoms with Crippen LogP contribution in [0.5, 0.6) is 0 Å². The third-order valence-electron chi connectivity index (χ3n) is 3.05. The van der Waals surface area contributed by atoms with Crippen LogP contribution in [0, 0.1) is 5.82 Å². The van der Waals surface area contributed by atoms with Crippen LogP contribution < -0.4 is 5.73 Å². The molecule has 0 heterocycles. The molecule has 23 heavy (non-hydrogen) atoms. The molecule has 0 aliphatic rings. The van der Waals surface area contributed by atoms with Gasteiger partial charge in [0.05, 0.1) is 0 Å². The van der Waals surface area contributed by atoms with E-state index < -0.39 is 17.5 Å². The topological polar surface area (TPSA) is 80.4 Å². The summed E-state index contributed by atoms with van der Waals surface area (Å²) in [4.78, 5) is 22.6. The van der Waals surface area contributed by atoms with Gasteiger partial charge >= 0.3 is 0 Å². The van der Waals surface area contributed by atoms with Crippen molar-refractivity contribution in [3.8, 4) is 0 Å². The van der Waals surface area contributed by atoms with Crippen molar-refractivity contribution in [1.29, 1.82) is 0 Å². The highest BCUT2D eigenvalue weighted by Crippen LogP contribution is 2.17. The summed E-state index contributed by atoms with van der Waals surface area (Å²) in [6, 6.07) is 12.5. The lowest BCUT2D eigenvalue weighted by molar-refractivity contribution is -0.113. The standard InChI is InChI=1S/C18H14FNO3/c19-15-10-14(17(22)11-18(20)23)7-6-12(15)8-9-16(21)13-4-2-1-3-5-13/h1-11,22H,(H2,20,23)/b9-8+,17-11-. The minimum Gasteiger partial charge on any atom is -0.507 e. The highest BCUT2D eigenvalue weighted by Gasteiger charge is 2.06. The molecule has 0 aliphatic carbocycles. The zero-order valence-electron chi connectivity index (χ0n) is 12.1. The number of carbonyl (C=O) groups is 2. The minimum atomic E-state index is -0.833. The Hall–Kier alpha value is -3.21. The first-order valence-corrected chi connectivity index (χ1v) is 6.75. The first kappa shape index (κ1) is 16.2. The number of aliphatic hydroxyl groups is 1. The maximum Gasteiger partial charge on any atom is 0.245 e. The van der Waals surface area contributed by atoms with Gasteiger partial charge in [-0.1, -0.05) is 42.5 Å². The molecule has 0 saturated heterocycles.